The number of carbonyl (C=O) groups is 2. The van der Waals surface area contributed by atoms with Gasteiger partial charge in [0.15, 0.2) is 0 Å². The lowest BCUT2D eigenvalue weighted by atomic mass is 9.76. The Kier molecular flexibility index (Phi) is 3.70. The van der Waals surface area contributed by atoms with Gasteiger partial charge in [-0.25, -0.2) is 0 Å². The van der Waals surface area contributed by atoms with Gasteiger partial charge < -0.3 is 10.2 Å². The van der Waals surface area contributed by atoms with E-state index >= 15 is 0 Å². The number of hydrogen-bond donors (Lipinski definition) is 1. The molecule has 19 heavy (non-hydrogen) atoms. The third-order valence-electron chi connectivity index (χ3n) is 4.35. The van der Waals surface area contributed by atoms with E-state index in [1.54, 1.807) is 13.8 Å². The van der Waals surface area contributed by atoms with Crippen LogP contribution < -0.4 is 5.32 Å². The van der Waals surface area contributed by atoms with E-state index in [4.69, 9.17) is 0 Å². The Labute approximate surface area is 115 Å². The predicted octanol–water partition coefficient (Wildman–Crippen LogP) is 2.00. The SMILES string of the molecule is C/C=C/CN1C(=O)C(C)(C)NC(=O)C12CCCCC2. The van der Waals surface area contributed by atoms with E-state index in [9.17, 15) is 9.59 Å². The summed E-state index contributed by atoms with van der Waals surface area (Å²) in [5.41, 5.74) is -1.40. The predicted molar refractivity (Wildman–Crippen MR) is 74.6 cm³/mol. The molecule has 0 atom stereocenters. The molecule has 1 N–H and O–H groups in total. The van der Waals surface area contributed by atoms with Gasteiger partial charge in [-0.1, -0.05) is 31.4 Å². The Balaban J connectivity index is 2.37. The summed E-state index contributed by atoms with van der Waals surface area (Å²) in [5.74, 6) is 0.0633. The largest absolute Gasteiger partial charge is 0.340 e. The van der Waals surface area contributed by atoms with E-state index in [2.05, 4.69) is 5.32 Å². The maximum atomic E-state index is 12.6. The van der Waals surface area contributed by atoms with E-state index in [-0.39, 0.29) is 11.8 Å². The zero-order chi connectivity index (χ0) is 14.1. The summed E-state index contributed by atoms with van der Waals surface area (Å²) >= 11 is 0. The second kappa shape index (κ2) is 4.99. The fraction of sp³-hybridized carbons (Fsp3) is 0.733. The van der Waals surface area contributed by atoms with Crippen LogP contribution in [0, 0.1) is 0 Å². The van der Waals surface area contributed by atoms with Crippen molar-refractivity contribution in [3.8, 4) is 0 Å². The number of rotatable bonds is 2. The molecule has 2 amide bonds. The van der Waals surface area contributed by atoms with Crippen LogP contribution in [0.5, 0.6) is 0 Å². The molecule has 1 spiro atoms. The molecule has 0 bridgehead atoms. The van der Waals surface area contributed by atoms with Crippen molar-refractivity contribution in [3.63, 3.8) is 0 Å². The fourth-order valence-corrected chi connectivity index (χ4v) is 3.21. The Morgan fingerprint density at radius 3 is 2.42 bits per heavy atom. The van der Waals surface area contributed by atoms with Crippen molar-refractivity contribution in [1.82, 2.24) is 10.2 Å². The first-order valence-corrected chi connectivity index (χ1v) is 7.20. The molecule has 0 unspecified atom stereocenters. The minimum Gasteiger partial charge on any atom is -0.340 e. The van der Waals surface area contributed by atoms with Gasteiger partial charge >= 0.3 is 0 Å². The molecule has 4 nitrogen and oxygen atoms in total. The number of piperazine rings is 1. The summed E-state index contributed by atoms with van der Waals surface area (Å²) in [6, 6.07) is 0. The van der Waals surface area contributed by atoms with Gasteiger partial charge in [0.25, 0.3) is 0 Å². The van der Waals surface area contributed by atoms with Crippen molar-refractivity contribution in [2.45, 2.75) is 64.0 Å². The molecule has 2 aliphatic rings. The molecule has 1 saturated carbocycles. The Morgan fingerprint density at radius 1 is 1.21 bits per heavy atom. The Hall–Kier alpha value is -1.32. The molecule has 106 valence electrons. The highest BCUT2D eigenvalue weighted by Crippen LogP contribution is 2.38. The van der Waals surface area contributed by atoms with Crippen LogP contribution in [-0.2, 0) is 9.59 Å². The van der Waals surface area contributed by atoms with Crippen molar-refractivity contribution < 1.29 is 9.59 Å². The van der Waals surface area contributed by atoms with Gasteiger partial charge in [0.2, 0.25) is 11.8 Å². The summed E-state index contributed by atoms with van der Waals surface area (Å²) < 4.78 is 0. The molecule has 2 rings (SSSR count). The van der Waals surface area contributed by atoms with Crippen molar-refractivity contribution >= 4 is 11.8 Å². The lowest BCUT2D eigenvalue weighted by molar-refractivity contribution is -0.163. The number of allylic oxidation sites excluding steroid dienone is 1. The molecule has 0 aromatic heterocycles. The molecule has 1 aliphatic heterocycles. The van der Waals surface area contributed by atoms with E-state index in [1.165, 1.54) is 0 Å². The first-order chi connectivity index (χ1) is 8.94. The van der Waals surface area contributed by atoms with E-state index < -0.39 is 11.1 Å². The highest BCUT2D eigenvalue weighted by Gasteiger charge is 2.54. The first-order valence-electron chi connectivity index (χ1n) is 7.20. The van der Waals surface area contributed by atoms with Gasteiger partial charge in [0.05, 0.1) is 0 Å². The maximum absolute atomic E-state index is 12.6. The smallest absolute Gasteiger partial charge is 0.248 e. The van der Waals surface area contributed by atoms with Gasteiger partial charge in [0, 0.05) is 6.54 Å². The average Bonchev–Trinajstić information content (AvgIpc) is 2.38. The van der Waals surface area contributed by atoms with E-state index in [0.29, 0.717) is 6.54 Å². The van der Waals surface area contributed by atoms with Gasteiger partial charge in [0.1, 0.15) is 11.1 Å². The van der Waals surface area contributed by atoms with Gasteiger partial charge in [-0.3, -0.25) is 9.59 Å². The molecular weight excluding hydrogens is 240 g/mol. The van der Waals surface area contributed by atoms with Crippen LogP contribution in [0.3, 0.4) is 0 Å². The Morgan fingerprint density at radius 2 is 1.84 bits per heavy atom. The van der Waals surface area contributed by atoms with Crippen LogP contribution in [0.2, 0.25) is 0 Å². The number of amides is 2. The van der Waals surface area contributed by atoms with Crippen molar-refractivity contribution in [3.05, 3.63) is 12.2 Å². The summed E-state index contributed by atoms with van der Waals surface area (Å²) in [6.07, 6.45) is 8.67. The quantitative estimate of drug-likeness (QED) is 0.776. The molecule has 4 heteroatoms. The van der Waals surface area contributed by atoms with Crippen molar-refractivity contribution in [2.75, 3.05) is 6.54 Å². The zero-order valence-electron chi connectivity index (χ0n) is 12.2. The minimum absolute atomic E-state index is 0.0290. The number of hydrogen-bond acceptors (Lipinski definition) is 2. The van der Waals surface area contributed by atoms with E-state index in [1.807, 2.05) is 24.0 Å². The fourth-order valence-electron chi connectivity index (χ4n) is 3.21. The number of carbonyl (C=O) groups excluding carboxylic acids is 2. The third kappa shape index (κ3) is 2.28. The van der Waals surface area contributed by atoms with Gasteiger partial charge in [-0.15, -0.1) is 0 Å². The van der Waals surface area contributed by atoms with Crippen LogP contribution in [-0.4, -0.2) is 34.3 Å². The molecule has 0 aromatic rings. The van der Waals surface area contributed by atoms with Crippen LogP contribution in [0.15, 0.2) is 12.2 Å². The molecule has 2 fully saturated rings. The molecule has 0 radical (unpaired) electrons. The van der Waals surface area contributed by atoms with Gasteiger partial charge in [-0.05, 0) is 33.6 Å². The molecule has 1 heterocycles. The van der Waals surface area contributed by atoms with Crippen LogP contribution in [0.1, 0.15) is 52.9 Å². The van der Waals surface area contributed by atoms with Crippen LogP contribution >= 0.6 is 0 Å². The second-order valence-electron chi connectivity index (χ2n) is 6.16. The minimum atomic E-state index is -0.790. The zero-order valence-corrected chi connectivity index (χ0v) is 12.2. The third-order valence-corrected chi connectivity index (χ3v) is 4.35. The number of nitrogens with one attached hydrogen (secondary N) is 1. The monoisotopic (exact) mass is 264 g/mol. The molecule has 1 saturated heterocycles. The lowest BCUT2D eigenvalue weighted by Crippen LogP contribution is -2.74. The maximum Gasteiger partial charge on any atom is 0.248 e. The summed E-state index contributed by atoms with van der Waals surface area (Å²) in [6.45, 7) is 6.04. The summed E-state index contributed by atoms with van der Waals surface area (Å²) in [7, 11) is 0. The molecule has 0 aromatic carbocycles. The van der Waals surface area contributed by atoms with Crippen LogP contribution in [0.25, 0.3) is 0 Å². The average molecular weight is 264 g/mol. The van der Waals surface area contributed by atoms with Gasteiger partial charge in [-0.2, -0.15) is 0 Å². The highest BCUT2D eigenvalue weighted by atomic mass is 16.2. The van der Waals surface area contributed by atoms with Crippen molar-refractivity contribution in [1.29, 1.82) is 0 Å². The Bertz CT molecular complexity index is 406. The topological polar surface area (TPSA) is 49.4 Å². The van der Waals surface area contributed by atoms with E-state index in [0.717, 1.165) is 32.1 Å². The lowest BCUT2D eigenvalue weighted by Gasteiger charge is -2.52. The molecular formula is C15H24N2O2. The number of nitrogens with zero attached hydrogens (tertiary/aromatic N) is 1. The summed E-state index contributed by atoms with van der Waals surface area (Å²) in [4.78, 5) is 27.0. The normalized spacial score (nSPS) is 25.9. The van der Waals surface area contributed by atoms with Crippen molar-refractivity contribution in [2.24, 2.45) is 0 Å². The highest BCUT2D eigenvalue weighted by molar-refractivity contribution is 6.02. The standard InChI is InChI=1S/C15H24N2O2/c1-4-5-11-17-13(19)14(2,3)16-12(18)15(17)9-7-6-8-10-15/h4-5H,6-11H2,1-3H3,(H,16,18)/b5-4+. The van der Waals surface area contributed by atoms with Crippen LogP contribution in [0.4, 0.5) is 0 Å². The molecule has 1 aliphatic carbocycles. The second-order valence-corrected chi connectivity index (χ2v) is 6.16. The summed E-state index contributed by atoms with van der Waals surface area (Å²) in [5, 5.41) is 2.92. The first kappa shape index (κ1) is 14.1.